The van der Waals surface area contributed by atoms with Crippen LogP contribution in [0.4, 0.5) is 5.69 Å². The van der Waals surface area contributed by atoms with E-state index < -0.39 is 28.5 Å². The molecule has 0 unspecified atom stereocenters. The van der Waals surface area contributed by atoms with E-state index in [9.17, 15) is 22.8 Å². The van der Waals surface area contributed by atoms with E-state index in [4.69, 9.17) is 11.6 Å². The molecule has 1 aliphatic rings. The Hall–Kier alpha value is -2.91. The number of Topliss-reactive ketones (excluding diaryl/α,β-unsaturated/α-hetero) is 1. The third kappa shape index (κ3) is 7.07. The zero-order valence-corrected chi connectivity index (χ0v) is 22.3. The number of amides is 2. The standard InChI is InChI=1S/C26H32ClN3O5S/c1-18(26(33)28-22-11-5-6-12-22)29(16-21-9-4-7-14-24(21)27)25(32)17-30(36(3,34)35)23-13-8-10-20(15-23)19(2)31/h4,7-10,13-15,18,22H,5-6,11-12,16-17H2,1-3H3,(H,28,33)/t18-/m0/s1. The third-order valence-electron chi connectivity index (χ3n) is 6.39. The number of carbonyl (C=O) groups excluding carboxylic acids is 3. The number of hydrogen-bond acceptors (Lipinski definition) is 5. The molecule has 2 aromatic rings. The Labute approximate surface area is 217 Å². The monoisotopic (exact) mass is 533 g/mol. The van der Waals surface area contributed by atoms with Crippen LogP contribution >= 0.6 is 11.6 Å². The molecular weight excluding hydrogens is 502 g/mol. The largest absolute Gasteiger partial charge is 0.352 e. The lowest BCUT2D eigenvalue weighted by atomic mass is 10.1. The fourth-order valence-corrected chi connectivity index (χ4v) is 5.32. The first-order valence-electron chi connectivity index (χ1n) is 11.9. The van der Waals surface area contributed by atoms with Crippen LogP contribution in [-0.2, 0) is 26.2 Å². The van der Waals surface area contributed by atoms with Crippen molar-refractivity contribution in [2.24, 2.45) is 0 Å². The Balaban J connectivity index is 1.91. The van der Waals surface area contributed by atoms with Crippen LogP contribution in [0.5, 0.6) is 0 Å². The molecule has 1 saturated carbocycles. The Morgan fingerprint density at radius 2 is 1.75 bits per heavy atom. The second-order valence-corrected chi connectivity index (χ2v) is 11.5. The highest BCUT2D eigenvalue weighted by atomic mass is 35.5. The van der Waals surface area contributed by atoms with Gasteiger partial charge in [-0.15, -0.1) is 0 Å². The van der Waals surface area contributed by atoms with Gasteiger partial charge in [-0.05, 0) is 50.5 Å². The van der Waals surface area contributed by atoms with Crippen molar-refractivity contribution in [3.8, 4) is 0 Å². The minimum absolute atomic E-state index is 0.0306. The number of anilines is 1. The summed E-state index contributed by atoms with van der Waals surface area (Å²) >= 11 is 6.34. The van der Waals surface area contributed by atoms with E-state index in [2.05, 4.69) is 5.32 Å². The molecule has 0 radical (unpaired) electrons. The van der Waals surface area contributed by atoms with Gasteiger partial charge in [0.15, 0.2) is 5.78 Å². The predicted octanol–water partition coefficient (Wildman–Crippen LogP) is 3.78. The second-order valence-electron chi connectivity index (χ2n) is 9.16. The quantitative estimate of drug-likeness (QED) is 0.468. The smallest absolute Gasteiger partial charge is 0.244 e. The summed E-state index contributed by atoms with van der Waals surface area (Å²) < 4.78 is 26.3. The molecule has 1 aliphatic carbocycles. The van der Waals surface area contributed by atoms with Crippen LogP contribution in [0.2, 0.25) is 5.02 Å². The maximum Gasteiger partial charge on any atom is 0.244 e. The first kappa shape index (κ1) is 27.7. The van der Waals surface area contributed by atoms with Crippen molar-refractivity contribution in [3.05, 3.63) is 64.7 Å². The molecule has 0 heterocycles. The average molecular weight is 534 g/mol. The molecule has 1 atom stereocenters. The first-order chi connectivity index (χ1) is 17.0. The van der Waals surface area contributed by atoms with E-state index >= 15 is 0 Å². The molecular formula is C26H32ClN3O5S. The summed E-state index contributed by atoms with van der Waals surface area (Å²) in [6.45, 7) is 2.50. The Kier molecular flexibility index (Phi) is 9.13. The number of carbonyl (C=O) groups is 3. The molecule has 2 aromatic carbocycles. The van der Waals surface area contributed by atoms with Gasteiger partial charge in [0.1, 0.15) is 12.6 Å². The molecule has 1 N–H and O–H groups in total. The average Bonchev–Trinajstić information content (AvgIpc) is 3.33. The van der Waals surface area contributed by atoms with Crippen LogP contribution in [0.1, 0.15) is 55.5 Å². The summed E-state index contributed by atoms with van der Waals surface area (Å²) in [6.07, 6.45) is 4.88. The van der Waals surface area contributed by atoms with Crippen LogP contribution in [0.25, 0.3) is 0 Å². The maximum atomic E-state index is 13.6. The maximum absolute atomic E-state index is 13.6. The molecule has 3 rings (SSSR count). The van der Waals surface area contributed by atoms with E-state index in [0.717, 1.165) is 36.2 Å². The van der Waals surface area contributed by atoms with Crippen LogP contribution < -0.4 is 9.62 Å². The van der Waals surface area contributed by atoms with Gasteiger partial charge in [-0.3, -0.25) is 18.7 Å². The number of nitrogens with zero attached hydrogens (tertiary/aromatic N) is 2. The molecule has 10 heteroatoms. The van der Waals surface area contributed by atoms with E-state index in [-0.39, 0.29) is 30.0 Å². The van der Waals surface area contributed by atoms with Crippen molar-refractivity contribution in [3.63, 3.8) is 0 Å². The number of benzene rings is 2. The van der Waals surface area contributed by atoms with Gasteiger partial charge in [0, 0.05) is 23.2 Å². The van der Waals surface area contributed by atoms with Crippen LogP contribution in [-0.4, -0.2) is 55.8 Å². The van der Waals surface area contributed by atoms with E-state index in [0.29, 0.717) is 16.1 Å². The second kappa shape index (κ2) is 11.9. The summed E-state index contributed by atoms with van der Waals surface area (Å²) in [4.78, 5) is 39.9. The van der Waals surface area contributed by atoms with E-state index in [1.807, 2.05) is 0 Å². The third-order valence-corrected chi connectivity index (χ3v) is 7.90. The normalized spacial score (nSPS) is 14.8. The number of hydrogen-bond donors (Lipinski definition) is 1. The van der Waals surface area contributed by atoms with E-state index in [1.165, 1.54) is 24.0 Å². The molecule has 0 aliphatic heterocycles. The van der Waals surface area contributed by atoms with Gasteiger partial charge in [0.05, 0.1) is 11.9 Å². The van der Waals surface area contributed by atoms with E-state index in [1.54, 1.807) is 43.3 Å². The molecule has 0 saturated heterocycles. The number of rotatable bonds is 10. The SMILES string of the molecule is CC(=O)c1cccc(N(CC(=O)N(Cc2ccccc2Cl)[C@@H](C)C(=O)NC2CCCC2)S(C)(=O)=O)c1. The molecule has 8 nitrogen and oxygen atoms in total. The molecule has 0 aromatic heterocycles. The highest BCUT2D eigenvalue weighted by Crippen LogP contribution is 2.23. The number of ketones is 1. The Morgan fingerprint density at radius 3 is 2.36 bits per heavy atom. The fraction of sp³-hybridized carbons (Fsp3) is 0.423. The number of halogens is 1. The first-order valence-corrected chi connectivity index (χ1v) is 14.1. The van der Waals surface area contributed by atoms with Gasteiger partial charge in [-0.1, -0.05) is 54.8 Å². The molecule has 1 fully saturated rings. The Bertz CT molecular complexity index is 1230. The summed E-state index contributed by atoms with van der Waals surface area (Å²) in [6, 6.07) is 12.3. The van der Waals surface area contributed by atoms with Gasteiger partial charge in [-0.2, -0.15) is 0 Å². The highest BCUT2D eigenvalue weighted by Gasteiger charge is 2.31. The lowest BCUT2D eigenvalue weighted by molar-refractivity contribution is -0.139. The molecule has 36 heavy (non-hydrogen) atoms. The predicted molar refractivity (Wildman–Crippen MR) is 140 cm³/mol. The number of sulfonamides is 1. The summed E-state index contributed by atoms with van der Waals surface area (Å²) in [5.74, 6) is -1.09. The lowest BCUT2D eigenvalue weighted by Gasteiger charge is -2.32. The minimum Gasteiger partial charge on any atom is -0.352 e. The highest BCUT2D eigenvalue weighted by molar-refractivity contribution is 7.92. The van der Waals surface area contributed by atoms with Crippen LogP contribution in [0, 0.1) is 0 Å². The van der Waals surface area contributed by atoms with Crippen molar-refractivity contribution >= 4 is 44.9 Å². The molecule has 2 amide bonds. The van der Waals surface area contributed by atoms with Gasteiger partial charge < -0.3 is 10.2 Å². The van der Waals surface area contributed by atoms with Crippen LogP contribution in [0.15, 0.2) is 48.5 Å². The zero-order valence-electron chi connectivity index (χ0n) is 20.7. The van der Waals surface area contributed by atoms with Crippen molar-refractivity contribution in [2.75, 3.05) is 17.1 Å². The van der Waals surface area contributed by atoms with Crippen molar-refractivity contribution in [1.82, 2.24) is 10.2 Å². The van der Waals surface area contributed by atoms with Gasteiger partial charge in [0.25, 0.3) is 0 Å². The van der Waals surface area contributed by atoms with Crippen LogP contribution in [0.3, 0.4) is 0 Å². The van der Waals surface area contributed by atoms with Crippen molar-refractivity contribution < 1.29 is 22.8 Å². The van der Waals surface area contributed by atoms with Gasteiger partial charge in [-0.25, -0.2) is 8.42 Å². The number of nitrogens with one attached hydrogen (secondary N) is 1. The summed E-state index contributed by atoms with van der Waals surface area (Å²) in [5.41, 5.74) is 1.16. The van der Waals surface area contributed by atoms with Gasteiger partial charge in [0.2, 0.25) is 21.8 Å². The summed E-state index contributed by atoms with van der Waals surface area (Å²) in [7, 11) is -3.89. The zero-order chi connectivity index (χ0) is 26.5. The summed E-state index contributed by atoms with van der Waals surface area (Å²) in [5, 5.41) is 3.45. The minimum atomic E-state index is -3.89. The topological polar surface area (TPSA) is 104 Å². The van der Waals surface area contributed by atoms with Crippen molar-refractivity contribution in [2.45, 2.75) is 58.2 Å². The molecule has 0 bridgehead atoms. The Morgan fingerprint density at radius 1 is 1.08 bits per heavy atom. The van der Waals surface area contributed by atoms with Gasteiger partial charge >= 0.3 is 0 Å². The molecule has 194 valence electrons. The lowest BCUT2D eigenvalue weighted by Crippen LogP contribution is -2.52. The fourth-order valence-electron chi connectivity index (χ4n) is 4.28. The van der Waals surface area contributed by atoms with Crippen molar-refractivity contribution in [1.29, 1.82) is 0 Å². The molecule has 0 spiro atoms.